The first-order valence-corrected chi connectivity index (χ1v) is 6.51. The van der Waals surface area contributed by atoms with Crippen molar-refractivity contribution in [3.63, 3.8) is 0 Å². The van der Waals surface area contributed by atoms with Gasteiger partial charge in [0.2, 0.25) is 0 Å². The van der Waals surface area contributed by atoms with Gasteiger partial charge in [-0.2, -0.15) is 0 Å². The summed E-state index contributed by atoms with van der Waals surface area (Å²) in [6, 6.07) is 5.60. The number of carbonyl (C=O) groups excluding carboxylic acids is 1. The molecular formula is C14H20N2O3. The Morgan fingerprint density at radius 1 is 1.53 bits per heavy atom. The number of aliphatic hydroxyl groups excluding tert-OH is 1. The molecule has 1 heterocycles. The smallest absolute Gasteiger partial charge is 0.251 e. The van der Waals surface area contributed by atoms with Crippen LogP contribution in [0.25, 0.3) is 0 Å². The van der Waals surface area contributed by atoms with E-state index in [1.54, 1.807) is 6.07 Å². The first kappa shape index (κ1) is 13.8. The third kappa shape index (κ3) is 3.24. The van der Waals surface area contributed by atoms with Crippen LogP contribution < -0.4 is 10.6 Å². The number of anilines is 1. The molecule has 2 rings (SSSR count). The number of hydrogen-bond acceptors (Lipinski definition) is 4. The maximum absolute atomic E-state index is 12.1. The van der Waals surface area contributed by atoms with Gasteiger partial charge in [0, 0.05) is 24.3 Å². The molecule has 1 aromatic carbocycles. The highest BCUT2D eigenvalue weighted by atomic mass is 16.3. The van der Waals surface area contributed by atoms with Crippen LogP contribution >= 0.6 is 0 Å². The number of amides is 1. The van der Waals surface area contributed by atoms with Crippen molar-refractivity contribution in [3.05, 3.63) is 29.3 Å². The molecule has 1 unspecified atom stereocenters. The molecule has 0 saturated carbocycles. The van der Waals surface area contributed by atoms with Gasteiger partial charge in [-0.15, -0.1) is 0 Å². The van der Waals surface area contributed by atoms with Gasteiger partial charge >= 0.3 is 0 Å². The van der Waals surface area contributed by atoms with E-state index in [1.807, 2.05) is 12.1 Å². The fraction of sp³-hybridized carbons (Fsp3) is 0.500. The lowest BCUT2D eigenvalue weighted by Crippen LogP contribution is -2.43. The average molecular weight is 264 g/mol. The minimum atomic E-state index is -1.29. The van der Waals surface area contributed by atoms with Crippen LogP contribution in [0.4, 0.5) is 5.69 Å². The largest absolute Gasteiger partial charge is 0.393 e. The molecule has 0 saturated heterocycles. The Hall–Kier alpha value is -1.59. The van der Waals surface area contributed by atoms with Crippen LogP contribution in [-0.4, -0.2) is 41.4 Å². The maximum Gasteiger partial charge on any atom is 0.251 e. The number of benzene rings is 1. The van der Waals surface area contributed by atoms with Crippen LogP contribution in [0.3, 0.4) is 0 Å². The number of nitrogens with one attached hydrogen (secondary N) is 2. The van der Waals surface area contributed by atoms with Crippen molar-refractivity contribution in [1.82, 2.24) is 5.32 Å². The lowest BCUT2D eigenvalue weighted by molar-refractivity contribution is 0.00319. The second-order valence-electron chi connectivity index (χ2n) is 5.20. The molecule has 1 atom stereocenters. The third-order valence-electron chi connectivity index (χ3n) is 3.31. The molecule has 4 N–H and O–H groups in total. The quantitative estimate of drug-likeness (QED) is 0.639. The van der Waals surface area contributed by atoms with E-state index in [2.05, 4.69) is 10.6 Å². The van der Waals surface area contributed by atoms with Gasteiger partial charge in [-0.1, -0.05) is 6.07 Å². The highest BCUT2D eigenvalue weighted by molar-refractivity contribution is 5.97. The van der Waals surface area contributed by atoms with Crippen LogP contribution in [0.15, 0.2) is 18.2 Å². The zero-order chi connectivity index (χ0) is 13.9. The lowest BCUT2D eigenvalue weighted by atomic mass is 9.97. The molecule has 5 nitrogen and oxygen atoms in total. The monoisotopic (exact) mass is 264 g/mol. The predicted octanol–water partition coefficient (Wildman–Crippen LogP) is 0.518. The summed E-state index contributed by atoms with van der Waals surface area (Å²) in [5, 5.41) is 24.6. The molecule has 0 aliphatic carbocycles. The normalized spacial score (nSPS) is 17.0. The summed E-state index contributed by atoms with van der Waals surface area (Å²) in [7, 11) is 0. The number of carbonyl (C=O) groups is 1. The van der Waals surface area contributed by atoms with Crippen molar-refractivity contribution >= 4 is 11.6 Å². The molecule has 0 fully saturated rings. The van der Waals surface area contributed by atoms with Gasteiger partial charge in [-0.25, -0.2) is 0 Å². The van der Waals surface area contributed by atoms with Gasteiger partial charge < -0.3 is 20.8 Å². The molecule has 0 radical (unpaired) electrons. The average Bonchev–Trinajstić information content (AvgIpc) is 2.44. The number of fused-ring (bicyclic) bond motifs is 1. The Bertz CT molecular complexity index is 472. The van der Waals surface area contributed by atoms with E-state index in [9.17, 15) is 9.90 Å². The number of aliphatic hydroxyl groups is 2. The van der Waals surface area contributed by atoms with E-state index in [1.165, 1.54) is 6.92 Å². The van der Waals surface area contributed by atoms with Gasteiger partial charge in [0.15, 0.2) is 0 Å². The van der Waals surface area contributed by atoms with Crippen molar-refractivity contribution in [3.8, 4) is 0 Å². The summed E-state index contributed by atoms with van der Waals surface area (Å²) in [5.41, 5.74) is 1.38. The van der Waals surface area contributed by atoms with E-state index in [-0.39, 0.29) is 19.1 Å². The molecule has 1 amide bonds. The maximum atomic E-state index is 12.1. The minimum Gasteiger partial charge on any atom is -0.393 e. The lowest BCUT2D eigenvalue weighted by Gasteiger charge is -2.23. The first-order chi connectivity index (χ1) is 9.03. The summed E-state index contributed by atoms with van der Waals surface area (Å²) in [6.07, 6.45) is 1.88. The highest BCUT2D eigenvalue weighted by Crippen LogP contribution is 2.25. The van der Waals surface area contributed by atoms with Crippen molar-refractivity contribution in [2.75, 3.05) is 25.0 Å². The van der Waals surface area contributed by atoms with E-state index in [0.29, 0.717) is 5.56 Å². The van der Waals surface area contributed by atoms with Crippen molar-refractivity contribution in [2.45, 2.75) is 25.4 Å². The Balaban J connectivity index is 2.11. The van der Waals surface area contributed by atoms with Gasteiger partial charge in [-0.3, -0.25) is 4.79 Å². The van der Waals surface area contributed by atoms with Crippen LogP contribution in [0.2, 0.25) is 0 Å². The molecule has 1 aliphatic rings. The molecule has 5 heteroatoms. The number of hydrogen-bond donors (Lipinski definition) is 4. The predicted molar refractivity (Wildman–Crippen MR) is 73.3 cm³/mol. The molecule has 19 heavy (non-hydrogen) atoms. The van der Waals surface area contributed by atoms with Crippen molar-refractivity contribution in [2.24, 2.45) is 0 Å². The minimum absolute atomic E-state index is 0.0272. The van der Waals surface area contributed by atoms with E-state index >= 15 is 0 Å². The Labute approximate surface area is 112 Å². The SMILES string of the molecule is CC(O)(CO)CNC(=O)c1cccc2c1CCCN2. The summed E-state index contributed by atoms with van der Waals surface area (Å²) in [5.74, 6) is -0.214. The van der Waals surface area contributed by atoms with Gasteiger partial charge in [0.05, 0.1) is 6.61 Å². The number of rotatable bonds is 4. The molecule has 1 aromatic rings. The molecule has 0 spiro atoms. The van der Waals surface area contributed by atoms with Crippen LogP contribution in [0.5, 0.6) is 0 Å². The van der Waals surface area contributed by atoms with Crippen molar-refractivity contribution < 1.29 is 15.0 Å². The Morgan fingerprint density at radius 2 is 2.32 bits per heavy atom. The van der Waals surface area contributed by atoms with E-state index in [0.717, 1.165) is 30.6 Å². The second kappa shape index (κ2) is 5.59. The first-order valence-electron chi connectivity index (χ1n) is 6.51. The van der Waals surface area contributed by atoms with E-state index in [4.69, 9.17) is 5.11 Å². The summed E-state index contributed by atoms with van der Waals surface area (Å²) < 4.78 is 0. The fourth-order valence-electron chi connectivity index (χ4n) is 2.14. The van der Waals surface area contributed by atoms with Gasteiger partial charge in [-0.05, 0) is 37.5 Å². The Kier molecular flexibility index (Phi) is 4.07. The van der Waals surface area contributed by atoms with Crippen molar-refractivity contribution in [1.29, 1.82) is 0 Å². The Morgan fingerprint density at radius 3 is 3.05 bits per heavy atom. The molecular weight excluding hydrogens is 244 g/mol. The van der Waals surface area contributed by atoms with Crippen LogP contribution in [0.1, 0.15) is 29.3 Å². The molecule has 104 valence electrons. The second-order valence-corrected chi connectivity index (χ2v) is 5.20. The standard InChI is InChI=1S/C14H20N2O3/c1-14(19,9-17)8-16-13(18)11-4-2-6-12-10(11)5-3-7-15-12/h2,4,6,15,17,19H,3,5,7-9H2,1H3,(H,16,18). The van der Waals surface area contributed by atoms with Gasteiger partial charge in [0.25, 0.3) is 5.91 Å². The molecule has 1 aliphatic heterocycles. The molecule has 0 bridgehead atoms. The zero-order valence-corrected chi connectivity index (χ0v) is 11.1. The summed E-state index contributed by atoms with van der Waals surface area (Å²) in [4.78, 5) is 12.1. The van der Waals surface area contributed by atoms with Gasteiger partial charge in [0.1, 0.15) is 5.60 Å². The van der Waals surface area contributed by atoms with Crippen LogP contribution in [-0.2, 0) is 6.42 Å². The van der Waals surface area contributed by atoms with Crippen LogP contribution in [0, 0.1) is 0 Å². The molecule has 0 aromatic heterocycles. The highest BCUT2D eigenvalue weighted by Gasteiger charge is 2.22. The topological polar surface area (TPSA) is 81.6 Å². The zero-order valence-electron chi connectivity index (χ0n) is 11.1. The van der Waals surface area contributed by atoms with E-state index < -0.39 is 5.60 Å². The third-order valence-corrected chi connectivity index (χ3v) is 3.31. The fourth-order valence-corrected chi connectivity index (χ4v) is 2.14. The summed E-state index contributed by atoms with van der Waals surface area (Å²) in [6.45, 7) is 2.05. The summed E-state index contributed by atoms with van der Waals surface area (Å²) >= 11 is 0.